The Morgan fingerprint density at radius 3 is 2.50 bits per heavy atom. The second kappa shape index (κ2) is 6.48. The van der Waals surface area contributed by atoms with E-state index in [9.17, 15) is 9.59 Å². The molecule has 5 heteroatoms. The van der Waals surface area contributed by atoms with Crippen LogP contribution in [0.2, 0.25) is 0 Å². The number of piperazine rings is 1. The van der Waals surface area contributed by atoms with Crippen molar-refractivity contribution in [2.75, 3.05) is 32.7 Å². The first kappa shape index (κ1) is 13.0. The zero-order valence-electron chi connectivity index (χ0n) is 10.1. The lowest BCUT2D eigenvalue weighted by atomic mass is 10.1. The lowest BCUT2D eigenvalue weighted by molar-refractivity contribution is -0.133. The smallest absolute Gasteiger partial charge is 0.242 e. The summed E-state index contributed by atoms with van der Waals surface area (Å²) in [5, 5.41) is 5.84. The van der Waals surface area contributed by atoms with Crippen LogP contribution in [0, 0.1) is 5.92 Å². The van der Waals surface area contributed by atoms with Crippen LogP contribution in [0.4, 0.5) is 0 Å². The largest absolute Gasteiger partial charge is 0.347 e. The van der Waals surface area contributed by atoms with Crippen molar-refractivity contribution >= 4 is 11.8 Å². The summed E-state index contributed by atoms with van der Waals surface area (Å²) in [5.74, 6) is 0.298. The minimum Gasteiger partial charge on any atom is -0.347 e. The summed E-state index contributed by atoms with van der Waals surface area (Å²) < 4.78 is 0. The Labute approximate surface area is 96.6 Å². The molecule has 1 aliphatic heterocycles. The molecule has 16 heavy (non-hydrogen) atoms. The highest BCUT2D eigenvalue weighted by atomic mass is 16.2. The van der Waals surface area contributed by atoms with Gasteiger partial charge in [0.05, 0.1) is 6.54 Å². The zero-order valence-corrected chi connectivity index (χ0v) is 10.1. The van der Waals surface area contributed by atoms with Crippen LogP contribution < -0.4 is 10.6 Å². The summed E-state index contributed by atoms with van der Waals surface area (Å²) in [4.78, 5) is 24.8. The number of nitrogens with zero attached hydrogens (tertiary/aromatic N) is 1. The Hall–Kier alpha value is -1.10. The number of hydrogen-bond acceptors (Lipinski definition) is 3. The molecule has 0 aliphatic carbocycles. The van der Waals surface area contributed by atoms with Crippen molar-refractivity contribution in [3.63, 3.8) is 0 Å². The van der Waals surface area contributed by atoms with E-state index in [-0.39, 0.29) is 18.4 Å². The van der Waals surface area contributed by atoms with Gasteiger partial charge < -0.3 is 15.5 Å². The van der Waals surface area contributed by atoms with Crippen LogP contribution in [-0.4, -0.2) is 49.4 Å². The molecule has 0 aromatic rings. The van der Waals surface area contributed by atoms with Crippen LogP contribution in [0.5, 0.6) is 0 Å². The molecule has 0 spiro atoms. The average molecular weight is 227 g/mol. The lowest BCUT2D eigenvalue weighted by Gasteiger charge is -2.27. The fourth-order valence-electron chi connectivity index (χ4n) is 1.64. The summed E-state index contributed by atoms with van der Waals surface area (Å²) in [5.41, 5.74) is 0. The molecule has 2 amide bonds. The van der Waals surface area contributed by atoms with Gasteiger partial charge in [-0.05, 0) is 5.92 Å². The van der Waals surface area contributed by atoms with Crippen LogP contribution in [0.25, 0.3) is 0 Å². The first-order valence-corrected chi connectivity index (χ1v) is 5.85. The molecule has 0 saturated carbocycles. The summed E-state index contributed by atoms with van der Waals surface area (Å²) >= 11 is 0. The first-order valence-electron chi connectivity index (χ1n) is 5.85. The molecule has 0 atom stereocenters. The van der Waals surface area contributed by atoms with E-state index in [1.165, 1.54) is 0 Å². The van der Waals surface area contributed by atoms with Gasteiger partial charge in [0.15, 0.2) is 0 Å². The number of hydrogen-bond donors (Lipinski definition) is 2. The predicted molar refractivity (Wildman–Crippen MR) is 61.9 cm³/mol. The molecular formula is C11H21N3O2. The molecule has 1 rings (SSSR count). The molecule has 92 valence electrons. The quantitative estimate of drug-likeness (QED) is 0.686. The van der Waals surface area contributed by atoms with E-state index in [4.69, 9.17) is 0 Å². The normalized spacial score (nSPS) is 16.3. The Bertz CT molecular complexity index is 248. The molecular weight excluding hydrogens is 206 g/mol. The van der Waals surface area contributed by atoms with Gasteiger partial charge in [0.1, 0.15) is 0 Å². The molecule has 2 N–H and O–H groups in total. The van der Waals surface area contributed by atoms with Gasteiger partial charge in [-0.3, -0.25) is 9.59 Å². The van der Waals surface area contributed by atoms with Crippen LogP contribution >= 0.6 is 0 Å². The van der Waals surface area contributed by atoms with Gasteiger partial charge in [-0.2, -0.15) is 0 Å². The van der Waals surface area contributed by atoms with E-state index in [1.54, 1.807) is 4.90 Å². The van der Waals surface area contributed by atoms with Crippen molar-refractivity contribution in [2.45, 2.75) is 20.3 Å². The van der Waals surface area contributed by atoms with Crippen molar-refractivity contribution < 1.29 is 9.59 Å². The molecule has 0 bridgehead atoms. The highest BCUT2D eigenvalue weighted by molar-refractivity contribution is 5.84. The number of rotatable bonds is 4. The molecule has 0 radical (unpaired) electrons. The van der Waals surface area contributed by atoms with E-state index < -0.39 is 0 Å². The zero-order chi connectivity index (χ0) is 12.0. The minimum absolute atomic E-state index is 0.0126. The van der Waals surface area contributed by atoms with Crippen LogP contribution in [0.3, 0.4) is 0 Å². The third-order valence-corrected chi connectivity index (χ3v) is 2.50. The monoisotopic (exact) mass is 227 g/mol. The molecule has 0 aromatic carbocycles. The number of carbonyl (C=O) groups excluding carboxylic acids is 2. The first-order chi connectivity index (χ1) is 7.59. The van der Waals surface area contributed by atoms with Gasteiger partial charge in [0, 0.05) is 32.6 Å². The standard InChI is InChI=1S/C11H21N3O2/c1-9(2)7-10(15)13-8-11(16)14-5-3-12-4-6-14/h9,12H,3-8H2,1-2H3,(H,13,15). The summed E-state index contributed by atoms with van der Waals surface area (Å²) in [6.07, 6.45) is 0.481. The van der Waals surface area contributed by atoms with Gasteiger partial charge in [-0.1, -0.05) is 13.8 Å². The molecule has 1 heterocycles. The fraction of sp³-hybridized carbons (Fsp3) is 0.818. The SMILES string of the molecule is CC(C)CC(=O)NCC(=O)N1CCNCC1. The maximum absolute atomic E-state index is 11.7. The highest BCUT2D eigenvalue weighted by Crippen LogP contribution is 1.98. The van der Waals surface area contributed by atoms with Crippen LogP contribution in [-0.2, 0) is 9.59 Å². The summed E-state index contributed by atoms with van der Waals surface area (Å²) in [7, 11) is 0. The van der Waals surface area contributed by atoms with Crippen LogP contribution in [0.1, 0.15) is 20.3 Å². The van der Waals surface area contributed by atoms with Crippen molar-refractivity contribution in [1.82, 2.24) is 15.5 Å². The Morgan fingerprint density at radius 2 is 1.94 bits per heavy atom. The van der Waals surface area contributed by atoms with E-state index >= 15 is 0 Å². The Morgan fingerprint density at radius 1 is 1.31 bits per heavy atom. The number of carbonyl (C=O) groups is 2. The van der Waals surface area contributed by atoms with Crippen molar-refractivity contribution in [2.24, 2.45) is 5.92 Å². The third kappa shape index (κ3) is 4.61. The van der Waals surface area contributed by atoms with E-state index in [2.05, 4.69) is 10.6 Å². The van der Waals surface area contributed by atoms with E-state index in [1.807, 2.05) is 13.8 Å². The second-order valence-electron chi connectivity index (χ2n) is 4.51. The Kier molecular flexibility index (Phi) is 5.25. The molecule has 5 nitrogen and oxygen atoms in total. The summed E-state index contributed by atoms with van der Waals surface area (Å²) in [6.45, 7) is 7.25. The lowest BCUT2D eigenvalue weighted by Crippen LogP contribution is -2.49. The number of amides is 2. The fourth-order valence-corrected chi connectivity index (χ4v) is 1.64. The van der Waals surface area contributed by atoms with Crippen molar-refractivity contribution in [1.29, 1.82) is 0 Å². The van der Waals surface area contributed by atoms with Crippen molar-refractivity contribution in [3.05, 3.63) is 0 Å². The van der Waals surface area contributed by atoms with Gasteiger partial charge in [-0.15, -0.1) is 0 Å². The topological polar surface area (TPSA) is 61.4 Å². The van der Waals surface area contributed by atoms with Gasteiger partial charge >= 0.3 is 0 Å². The van der Waals surface area contributed by atoms with Gasteiger partial charge in [0.2, 0.25) is 11.8 Å². The maximum atomic E-state index is 11.7. The highest BCUT2D eigenvalue weighted by Gasteiger charge is 2.16. The summed E-state index contributed by atoms with van der Waals surface area (Å²) in [6, 6.07) is 0. The molecule has 1 aliphatic rings. The second-order valence-corrected chi connectivity index (χ2v) is 4.51. The van der Waals surface area contributed by atoms with Gasteiger partial charge in [0.25, 0.3) is 0 Å². The third-order valence-electron chi connectivity index (χ3n) is 2.50. The maximum Gasteiger partial charge on any atom is 0.242 e. The minimum atomic E-state index is -0.0431. The molecule has 0 aromatic heterocycles. The average Bonchev–Trinajstić information content (AvgIpc) is 2.26. The van der Waals surface area contributed by atoms with Gasteiger partial charge in [-0.25, -0.2) is 0 Å². The van der Waals surface area contributed by atoms with Crippen LogP contribution in [0.15, 0.2) is 0 Å². The molecule has 1 fully saturated rings. The Balaban J connectivity index is 2.21. The van der Waals surface area contributed by atoms with E-state index in [0.717, 1.165) is 26.2 Å². The molecule has 0 unspecified atom stereocenters. The van der Waals surface area contributed by atoms with E-state index in [0.29, 0.717) is 12.3 Å². The number of nitrogens with one attached hydrogen (secondary N) is 2. The predicted octanol–water partition coefficient (Wildman–Crippen LogP) is -0.419. The van der Waals surface area contributed by atoms with Crippen molar-refractivity contribution in [3.8, 4) is 0 Å². The molecule has 1 saturated heterocycles.